The van der Waals surface area contributed by atoms with E-state index in [4.69, 9.17) is 14.5 Å². The summed E-state index contributed by atoms with van der Waals surface area (Å²) in [6.07, 6.45) is 3.22. The molecule has 0 spiro atoms. The van der Waals surface area contributed by atoms with E-state index in [2.05, 4.69) is 25.3 Å². The van der Waals surface area contributed by atoms with Gasteiger partial charge in [0.25, 0.3) is 10.0 Å². The molecular formula is C44H52N8O8S. The number of anilines is 1. The fourth-order valence-corrected chi connectivity index (χ4v) is 9.40. The van der Waals surface area contributed by atoms with E-state index in [9.17, 15) is 27.6 Å². The fraction of sp³-hybridized carbons (Fsp3) is 0.409. The molecule has 4 N–H and O–H groups in total. The molecule has 4 atom stereocenters. The fourth-order valence-electron chi connectivity index (χ4n) is 8.25. The Balaban J connectivity index is 1.03. The predicted molar refractivity (Wildman–Crippen MR) is 230 cm³/mol. The zero-order chi connectivity index (χ0) is 43.6. The Morgan fingerprint density at radius 1 is 0.705 bits per heavy atom. The van der Waals surface area contributed by atoms with Gasteiger partial charge in [0, 0.05) is 24.8 Å². The van der Waals surface area contributed by atoms with Gasteiger partial charge >= 0.3 is 12.2 Å². The number of rotatable bonds is 11. The Morgan fingerprint density at radius 2 is 1.18 bits per heavy atom. The van der Waals surface area contributed by atoms with E-state index in [1.54, 1.807) is 28.0 Å². The number of carbonyl (C=O) groups excluding carboxylic acids is 4. The number of fused-ring (bicyclic) bond motifs is 1. The smallest absolute Gasteiger partial charge is 0.407 e. The highest BCUT2D eigenvalue weighted by molar-refractivity contribution is 7.90. The normalized spacial score (nSPS) is 19.1. The molecule has 322 valence electrons. The van der Waals surface area contributed by atoms with E-state index in [1.165, 1.54) is 14.2 Å². The molecule has 2 fully saturated rings. The van der Waals surface area contributed by atoms with Crippen molar-refractivity contribution in [2.45, 2.75) is 82.4 Å². The summed E-state index contributed by atoms with van der Waals surface area (Å²) in [6, 6.07) is 18.7. The highest BCUT2D eigenvalue weighted by Gasteiger charge is 2.41. The molecule has 16 nitrogen and oxygen atoms in total. The number of aromatic amines is 1. The van der Waals surface area contributed by atoms with Gasteiger partial charge in [0.15, 0.2) is 0 Å². The van der Waals surface area contributed by atoms with Crippen LogP contribution in [0.5, 0.6) is 0 Å². The summed E-state index contributed by atoms with van der Waals surface area (Å²) in [7, 11) is -1.55. The van der Waals surface area contributed by atoms with Crippen LogP contribution in [0.15, 0.2) is 82.2 Å². The molecule has 3 aliphatic rings. The van der Waals surface area contributed by atoms with Gasteiger partial charge in [0.2, 0.25) is 11.8 Å². The summed E-state index contributed by atoms with van der Waals surface area (Å²) >= 11 is 0. The number of sulfonamides is 1. The number of imidazole rings is 1. The number of nitrogens with one attached hydrogen (secondary N) is 4. The average molecular weight is 853 g/mol. The van der Waals surface area contributed by atoms with Crippen molar-refractivity contribution in [1.29, 1.82) is 0 Å². The van der Waals surface area contributed by atoms with Gasteiger partial charge in [-0.1, -0.05) is 82.3 Å². The number of aromatic nitrogens is 2. The molecule has 4 amide bonds. The van der Waals surface area contributed by atoms with Crippen LogP contribution in [0.3, 0.4) is 0 Å². The number of ether oxygens (including phenoxy) is 2. The van der Waals surface area contributed by atoms with Crippen LogP contribution in [0.2, 0.25) is 0 Å². The molecule has 7 rings (SSSR count). The number of hydrogen-bond donors (Lipinski definition) is 4. The maximum Gasteiger partial charge on any atom is 0.407 e. The maximum absolute atomic E-state index is 13.7. The molecule has 0 radical (unpaired) electrons. The predicted octanol–water partition coefficient (Wildman–Crippen LogP) is 6.34. The van der Waals surface area contributed by atoms with Crippen LogP contribution in [-0.4, -0.2) is 103 Å². The minimum absolute atomic E-state index is 0.0470. The highest BCUT2D eigenvalue weighted by Crippen LogP contribution is 2.36. The van der Waals surface area contributed by atoms with Crippen molar-refractivity contribution in [3.8, 4) is 33.5 Å². The summed E-state index contributed by atoms with van der Waals surface area (Å²) < 4.78 is 40.5. The molecule has 3 aromatic carbocycles. The molecular weight excluding hydrogens is 801 g/mol. The third-order valence-electron chi connectivity index (χ3n) is 11.6. The van der Waals surface area contributed by atoms with Crippen LogP contribution in [0.1, 0.15) is 65.2 Å². The van der Waals surface area contributed by atoms with E-state index in [0.29, 0.717) is 37.4 Å². The molecule has 0 saturated carbocycles. The lowest BCUT2D eigenvalue weighted by molar-refractivity contribution is -0.135. The molecule has 17 heteroatoms. The third kappa shape index (κ3) is 8.97. The summed E-state index contributed by atoms with van der Waals surface area (Å²) in [5.41, 5.74) is 5.69. The number of hydrogen-bond acceptors (Lipinski definition) is 10. The lowest BCUT2D eigenvalue weighted by Gasteiger charge is -2.32. The third-order valence-corrected chi connectivity index (χ3v) is 12.9. The molecule has 1 aromatic heterocycles. The minimum atomic E-state index is -4.06. The zero-order valence-corrected chi connectivity index (χ0v) is 35.9. The standard InChI is InChI=1S/C44H52N8O8S/c1-25(2)37(48-43(55)59-5)41(53)51-21-7-9-34(51)39-45-24-33(47-39)30-17-15-28(16-18-30)27-11-13-29(14-12-27)31-19-20-36-32(23-31)46-40(50-61(36,57)58)35-10-8-22-52(35)42(54)38(26(3)4)49-44(56)60-6/h11-20,23-26,34-35,37-38H,7-10,21-22H2,1-6H3,(H,45,47)(H,46,50)(H,48,55)(H,49,56)/t34-,35-,37-,38-/m0/s1. The Kier molecular flexibility index (Phi) is 12.5. The van der Waals surface area contributed by atoms with Crippen LogP contribution >= 0.6 is 0 Å². The topological polar surface area (TPSA) is 204 Å². The number of likely N-dealkylation sites (tertiary alicyclic amines) is 2. The number of amides is 4. The summed E-state index contributed by atoms with van der Waals surface area (Å²) in [4.78, 5) is 62.8. The van der Waals surface area contributed by atoms with Crippen molar-refractivity contribution in [2.75, 3.05) is 32.6 Å². The summed E-state index contributed by atoms with van der Waals surface area (Å²) in [5, 5.41) is 8.53. The van der Waals surface area contributed by atoms with Crippen LogP contribution in [0.25, 0.3) is 33.5 Å². The second kappa shape index (κ2) is 17.8. The average Bonchev–Trinajstić information content (AvgIpc) is 4.06. The zero-order valence-electron chi connectivity index (χ0n) is 35.1. The molecule has 0 bridgehead atoms. The Labute approximate surface area is 355 Å². The second-order valence-electron chi connectivity index (χ2n) is 16.2. The van der Waals surface area contributed by atoms with E-state index >= 15 is 0 Å². The van der Waals surface area contributed by atoms with Crippen LogP contribution < -0.4 is 16.0 Å². The van der Waals surface area contributed by atoms with Crippen molar-refractivity contribution in [2.24, 2.45) is 16.2 Å². The van der Waals surface area contributed by atoms with Gasteiger partial charge in [0.1, 0.15) is 28.6 Å². The number of methoxy groups -OCH3 is 2. The van der Waals surface area contributed by atoms with Gasteiger partial charge in [0.05, 0.1) is 37.7 Å². The van der Waals surface area contributed by atoms with Crippen molar-refractivity contribution in [1.82, 2.24) is 30.4 Å². The number of carbonyl (C=O) groups is 4. The van der Waals surface area contributed by atoms with Gasteiger partial charge in [-0.25, -0.2) is 14.6 Å². The highest BCUT2D eigenvalue weighted by atomic mass is 32.2. The second-order valence-corrected chi connectivity index (χ2v) is 17.8. The van der Waals surface area contributed by atoms with E-state index in [-0.39, 0.29) is 40.4 Å². The van der Waals surface area contributed by atoms with Crippen molar-refractivity contribution in [3.05, 3.63) is 78.8 Å². The Bertz CT molecular complexity index is 2430. The maximum atomic E-state index is 13.7. The minimum Gasteiger partial charge on any atom is -0.453 e. The molecule has 0 aliphatic carbocycles. The van der Waals surface area contributed by atoms with Gasteiger partial charge in [-0.3, -0.25) is 9.59 Å². The number of nitrogens with zero attached hydrogens (tertiary/aromatic N) is 4. The summed E-state index contributed by atoms with van der Waals surface area (Å²) in [6.45, 7) is 8.37. The van der Waals surface area contributed by atoms with Gasteiger partial charge in [-0.15, -0.1) is 4.40 Å². The SMILES string of the molecule is COC(=O)N[C@H](C(=O)N1CCC[C@H]1C1=NS(=O)(=O)c2ccc(-c3ccc(-c4ccc(-c5c[nH]c([C@@H]6CCCN6C(=O)[C@@H](NC(=O)OC)C(C)C)n5)cc4)cc3)cc2N1)C(C)C. The van der Waals surface area contributed by atoms with E-state index in [0.717, 1.165) is 46.4 Å². The van der Waals surface area contributed by atoms with Gasteiger partial charge in [-0.2, -0.15) is 8.42 Å². The number of amidine groups is 1. The van der Waals surface area contributed by atoms with Crippen molar-refractivity contribution >= 4 is 45.5 Å². The molecule has 4 heterocycles. The van der Waals surface area contributed by atoms with Crippen LogP contribution in [0, 0.1) is 11.8 Å². The lowest BCUT2D eigenvalue weighted by atomic mass is 9.99. The monoisotopic (exact) mass is 852 g/mol. The van der Waals surface area contributed by atoms with Crippen LogP contribution in [-0.2, 0) is 29.1 Å². The van der Waals surface area contributed by atoms with E-state index < -0.39 is 40.3 Å². The number of alkyl carbamates (subject to hydrolysis) is 2. The molecule has 2 saturated heterocycles. The van der Waals surface area contributed by atoms with Crippen molar-refractivity contribution < 1.29 is 37.1 Å². The molecule has 4 aromatic rings. The summed E-state index contributed by atoms with van der Waals surface area (Å²) in [5.74, 6) is 0.00882. The van der Waals surface area contributed by atoms with Gasteiger partial charge < -0.3 is 40.2 Å². The quantitative estimate of drug-likeness (QED) is 0.132. The van der Waals surface area contributed by atoms with Gasteiger partial charge in [-0.05, 0) is 71.9 Å². The van der Waals surface area contributed by atoms with E-state index in [1.807, 2.05) is 82.4 Å². The number of H-pyrrole nitrogens is 1. The lowest BCUT2D eigenvalue weighted by Crippen LogP contribution is -2.54. The first-order valence-electron chi connectivity index (χ1n) is 20.5. The van der Waals surface area contributed by atoms with Crippen LogP contribution in [0.4, 0.5) is 15.3 Å². The molecule has 3 aliphatic heterocycles. The first-order valence-corrected chi connectivity index (χ1v) is 22.0. The largest absolute Gasteiger partial charge is 0.453 e. The first kappa shape index (κ1) is 42.9. The van der Waals surface area contributed by atoms with Crippen molar-refractivity contribution in [3.63, 3.8) is 0 Å². The first-order chi connectivity index (χ1) is 29.2. The number of benzene rings is 3. The Morgan fingerprint density at radius 3 is 1.70 bits per heavy atom. The molecule has 61 heavy (non-hydrogen) atoms. The Hall–Kier alpha value is -6.23. The molecule has 0 unspecified atom stereocenters.